The molecule has 0 unspecified atom stereocenters. The SMILES string of the molecule is O=C(CS)Cc1cccc(Cc2ccccc2)c1. The summed E-state index contributed by atoms with van der Waals surface area (Å²) in [4.78, 5) is 11.4. The Hall–Kier alpha value is -1.54. The van der Waals surface area contributed by atoms with Crippen LogP contribution in [0.15, 0.2) is 54.6 Å². The molecule has 0 radical (unpaired) electrons. The fourth-order valence-corrected chi connectivity index (χ4v) is 2.08. The van der Waals surface area contributed by atoms with Crippen molar-refractivity contribution in [2.24, 2.45) is 0 Å². The van der Waals surface area contributed by atoms with Crippen LogP contribution < -0.4 is 0 Å². The second-order valence-electron chi connectivity index (χ2n) is 4.36. The first-order chi connectivity index (χ1) is 8.78. The Morgan fingerprint density at radius 1 is 0.889 bits per heavy atom. The number of benzene rings is 2. The van der Waals surface area contributed by atoms with Gasteiger partial charge in [-0.3, -0.25) is 4.79 Å². The van der Waals surface area contributed by atoms with Crippen LogP contribution in [0.5, 0.6) is 0 Å². The Morgan fingerprint density at radius 3 is 2.28 bits per heavy atom. The van der Waals surface area contributed by atoms with E-state index in [-0.39, 0.29) is 5.78 Å². The lowest BCUT2D eigenvalue weighted by Crippen LogP contribution is -2.04. The van der Waals surface area contributed by atoms with Crippen LogP contribution in [0.1, 0.15) is 16.7 Å². The summed E-state index contributed by atoms with van der Waals surface area (Å²) in [7, 11) is 0. The predicted molar refractivity (Wildman–Crippen MR) is 78.3 cm³/mol. The van der Waals surface area contributed by atoms with Gasteiger partial charge in [-0.1, -0.05) is 54.6 Å². The molecule has 0 N–H and O–H groups in total. The summed E-state index contributed by atoms with van der Waals surface area (Å²) in [5.74, 6) is 0.471. The van der Waals surface area contributed by atoms with E-state index in [2.05, 4.69) is 36.9 Å². The molecule has 0 saturated heterocycles. The molecule has 2 aromatic carbocycles. The van der Waals surface area contributed by atoms with Crippen molar-refractivity contribution >= 4 is 18.4 Å². The van der Waals surface area contributed by atoms with E-state index in [0.717, 1.165) is 12.0 Å². The molecule has 92 valence electrons. The third kappa shape index (κ3) is 3.74. The van der Waals surface area contributed by atoms with E-state index < -0.39 is 0 Å². The molecule has 2 heteroatoms. The highest BCUT2D eigenvalue weighted by molar-refractivity contribution is 7.81. The minimum atomic E-state index is 0.162. The van der Waals surface area contributed by atoms with Crippen LogP contribution in [0.4, 0.5) is 0 Å². The molecule has 0 fully saturated rings. The third-order valence-corrected chi connectivity index (χ3v) is 3.17. The minimum absolute atomic E-state index is 0.162. The Morgan fingerprint density at radius 2 is 1.56 bits per heavy atom. The van der Waals surface area contributed by atoms with Crippen LogP contribution in [0.25, 0.3) is 0 Å². The summed E-state index contributed by atoms with van der Waals surface area (Å²) >= 11 is 4.00. The van der Waals surface area contributed by atoms with Gasteiger partial charge in [-0.15, -0.1) is 0 Å². The third-order valence-electron chi connectivity index (χ3n) is 2.82. The van der Waals surface area contributed by atoms with E-state index in [4.69, 9.17) is 0 Å². The predicted octanol–water partition coefficient (Wildman–Crippen LogP) is 3.32. The van der Waals surface area contributed by atoms with Gasteiger partial charge in [0, 0.05) is 12.2 Å². The first-order valence-corrected chi connectivity index (χ1v) is 6.65. The van der Waals surface area contributed by atoms with Gasteiger partial charge in [0.15, 0.2) is 0 Å². The molecule has 0 aliphatic rings. The van der Waals surface area contributed by atoms with Crippen LogP contribution in [0.3, 0.4) is 0 Å². The van der Waals surface area contributed by atoms with E-state index in [1.54, 1.807) is 0 Å². The molecule has 0 atom stereocenters. The molecule has 18 heavy (non-hydrogen) atoms. The summed E-state index contributed by atoms with van der Waals surface area (Å²) in [6.45, 7) is 0. The van der Waals surface area contributed by atoms with E-state index in [9.17, 15) is 4.79 Å². The van der Waals surface area contributed by atoms with Gasteiger partial charge >= 0.3 is 0 Å². The molecule has 2 rings (SSSR count). The summed E-state index contributed by atoms with van der Waals surface area (Å²) in [5.41, 5.74) is 3.60. The Balaban J connectivity index is 2.10. The van der Waals surface area contributed by atoms with Crippen molar-refractivity contribution in [1.82, 2.24) is 0 Å². The number of Topliss-reactive ketones (excluding diaryl/α,β-unsaturated/α-hetero) is 1. The van der Waals surface area contributed by atoms with Crippen LogP contribution in [0.2, 0.25) is 0 Å². The standard InChI is InChI=1S/C16H16OS/c17-16(12-18)11-15-8-4-7-14(10-15)9-13-5-2-1-3-6-13/h1-8,10,18H,9,11-12H2. The number of carbonyl (C=O) groups excluding carboxylic acids is 1. The van der Waals surface area contributed by atoms with Crippen molar-refractivity contribution in [1.29, 1.82) is 0 Å². The largest absolute Gasteiger partial charge is 0.298 e. The average Bonchev–Trinajstić information content (AvgIpc) is 2.40. The molecule has 0 spiro atoms. The van der Waals surface area contributed by atoms with Crippen molar-refractivity contribution in [3.05, 3.63) is 71.3 Å². The van der Waals surface area contributed by atoms with Crippen molar-refractivity contribution in [2.45, 2.75) is 12.8 Å². The number of thiol groups is 1. The number of hydrogen-bond acceptors (Lipinski definition) is 2. The van der Waals surface area contributed by atoms with Gasteiger partial charge in [0.05, 0.1) is 0 Å². The second-order valence-corrected chi connectivity index (χ2v) is 4.67. The quantitative estimate of drug-likeness (QED) is 0.812. The number of ketones is 1. The van der Waals surface area contributed by atoms with Gasteiger partial charge in [0.2, 0.25) is 0 Å². The number of carbonyl (C=O) groups is 1. The fraction of sp³-hybridized carbons (Fsp3) is 0.188. The Kier molecular flexibility index (Phi) is 4.59. The minimum Gasteiger partial charge on any atom is -0.298 e. The van der Waals surface area contributed by atoms with Gasteiger partial charge < -0.3 is 0 Å². The van der Waals surface area contributed by atoms with Gasteiger partial charge in [0.1, 0.15) is 5.78 Å². The maximum Gasteiger partial charge on any atom is 0.146 e. The van der Waals surface area contributed by atoms with Gasteiger partial charge in [-0.2, -0.15) is 12.6 Å². The maximum absolute atomic E-state index is 11.4. The lowest BCUT2D eigenvalue weighted by Gasteiger charge is -2.05. The van der Waals surface area contributed by atoms with Crippen molar-refractivity contribution in [3.8, 4) is 0 Å². The topological polar surface area (TPSA) is 17.1 Å². The maximum atomic E-state index is 11.4. The Bertz CT molecular complexity index is 520. The highest BCUT2D eigenvalue weighted by atomic mass is 32.1. The molecule has 0 aliphatic carbocycles. The fourth-order valence-electron chi connectivity index (χ4n) is 1.96. The Labute approximate surface area is 113 Å². The highest BCUT2D eigenvalue weighted by Gasteiger charge is 2.02. The number of hydrogen-bond donors (Lipinski definition) is 1. The lowest BCUT2D eigenvalue weighted by atomic mass is 10.0. The zero-order valence-electron chi connectivity index (χ0n) is 10.2. The molecule has 2 aromatic rings. The van der Waals surface area contributed by atoms with Crippen LogP contribution in [-0.4, -0.2) is 11.5 Å². The summed E-state index contributed by atoms with van der Waals surface area (Å²) < 4.78 is 0. The first-order valence-electron chi connectivity index (χ1n) is 6.02. The molecule has 0 saturated carbocycles. The highest BCUT2D eigenvalue weighted by Crippen LogP contribution is 2.12. The first kappa shape index (κ1) is 12.9. The summed E-state index contributed by atoms with van der Waals surface area (Å²) in [6, 6.07) is 18.6. The van der Waals surface area contributed by atoms with E-state index in [1.807, 2.05) is 30.3 Å². The molecule has 0 amide bonds. The molecule has 0 bridgehead atoms. The molecule has 1 nitrogen and oxygen atoms in total. The molecule has 0 aromatic heterocycles. The van der Waals surface area contributed by atoms with Crippen LogP contribution in [0, 0.1) is 0 Å². The van der Waals surface area contributed by atoms with E-state index >= 15 is 0 Å². The molecular formula is C16H16OS. The van der Waals surface area contributed by atoms with Crippen LogP contribution in [-0.2, 0) is 17.6 Å². The molecule has 0 aliphatic heterocycles. The number of rotatable bonds is 5. The van der Waals surface area contributed by atoms with Gasteiger partial charge in [-0.05, 0) is 23.1 Å². The van der Waals surface area contributed by atoms with Crippen molar-refractivity contribution in [2.75, 3.05) is 5.75 Å². The van der Waals surface area contributed by atoms with Crippen molar-refractivity contribution in [3.63, 3.8) is 0 Å². The average molecular weight is 256 g/mol. The van der Waals surface area contributed by atoms with Crippen molar-refractivity contribution < 1.29 is 4.79 Å². The normalized spacial score (nSPS) is 10.3. The zero-order valence-corrected chi connectivity index (χ0v) is 11.1. The van der Waals surface area contributed by atoms with Crippen LogP contribution >= 0.6 is 12.6 Å². The molecular weight excluding hydrogens is 240 g/mol. The monoisotopic (exact) mass is 256 g/mol. The molecule has 0 heterocycles. The lowest BCUT2D eigenvalue weighted by molar-refractivity contribution is -0.115. The second kappa shape index (κ2) is 6.41. The van der Waals surface area contributed by atoms with E-state index in [1.165, 1.54) is 11.1 Å². The zero-order chi connectivity index (χ0) is 12.8. The summed E-state index contributed by atoms with van der Waals surface area (Å²) in [6.07, 6.45) is 1.38. The smallest absolute Gasteiger partial charge is 0.146 e. The van der Waals surface area contributed by atoms with Gasteiger partial charge in [-0.25, -0.2) is 0 Å². The summed E-state index contributed by atoms with van der Waals surface area (Å²) in [5, 5.41) is 0. The van der Waals surface area contributed by atoms with Gasteiger partial charge in [0.25, 0.3) is 0 Å². The van der Waals surface area contributed by atoms with E-state index in [0.29, 0.717) is 12.2 Å².